The Morgan fingerprint density at radius 1 is 1.48 bits per heavy atom. The molecular weight excluding hydrogens is 378 g/mol. The van der Waals surface area contributed by atoms with Gasteiger partial charge in [0.15, 0.2) is 5.16 Å². The van der Waals surface area contributed by atoms with Crippen molar-refractivity contribution >= 4 is 45.3 Å². The van der Waals surface area contributed by atoms with Gasteiger partial charge in [0.05, 0.1) is 20.9 Å². The molecule has 0 amide bonds. The average molecular weight is 391 g/mol. The lowest BCUT2D eigenvalue weighted by atomic mass is 10.3. The van der Waals surface area contributed by atoms with Crippen LogP contribution in [-0.4, -0.2) is 31.6 Å². The van der Waals surface area contributed by atoms with Crippen molar-refractivity contribution in [3.8, 4) is 5.69 Å². The quantitative estimate of drug-likeness (QED) is 0.760. The lowest BCUT2D eigenvalue weighted by Gasteiger charge is -2.12. The summed E-state index contributed by atoms with van der Waals surface area (Å²) in [7, 11) is 0. The third-order valence-corrected chi connectivity index (χ3v) is 4.96. The number of carboxylic acids is 1. The minimum Gasteiger partial charge on any atom is -0.481 e. The van der Waals surface area contributed by atoms with Crippen LogP contribution in [0.3, 0.4) is 0 Å². The first-order valence-corrected chi connectivity index (χ1v) is 8.43. The van der Waals surface area contributed by atoms with Crippen molar-refractivity contribution in [2.24, 2.45) is 0 Å². The van der Waals surface area contributed by atoms with Crippen LogP contribution in [0.1, 0.15) is 19.2 Å². The monoisotopic (exact) mass is 389 g/mol. The van der Waals surface area contributed by atoms with Gasteiger partial charge >= 0.3 is 5.97 Å². The molecule has 1 aromatic heterocycles. The van der Waals surface area contributed by atoms with Crippen LogP contribution in [0.5, 0.6) is 0 Å². The van der Waals surface area contributed by atoms with Gasteiger partial charge in [0, 0.05) is 6.42 Å². The summed E-state index contributed by atoms with van der Waals surface area (Å²) in [5.74, 6) is -0.173. The lowest BCUT2D eigenvalue weighted by Crippen LogP contribution is -2.05. The first-order chi connectivity index (χ1) is 10.0. The molecule has 21 heavy (non-hydrogen) atoms. The van der Waals surface area contributed by atoms with Crippen LogP contribution in [0.4, 0.5) is 0 Å². The Bertz CT molecular complexity index is 663. The van der Waals surface area contributed by atoms with E-state index in [1.54, 1.807) is 6.07 Å². The van der Waals surface area contributed by atoms with Gasteiger partial charge in [-0.1, -0.05) is 36.4 Å². The Balaban J connectivity index is 2.50. The number of carboxylic acid groups (broad SMARTS) is 1. The van der Waals surface area contributed by atoms with Crippen LogP contribution in [-0.2, 0) is 11.2 Å². The van der Waals surface area contributed by atoms with Crippen molar-refractivity contribution in [3.05, 3.63) is 33.5 Å². The molecule has 5 nitrogen and oxygen atoms in total. The van der Waals surface area contributed by atoms with Crippen molar-refractivity contribution in [1.29, 1.82) is 0 Å². The molecule has 1 heterocycles. The fourth-order valence-corrected chi connectivity index (χ4v) is 3.11. The highest BCUT2D eigenvalue weighted by atomic mass is 79.9. The first-order valence-electron chi connectivity index (χ1n) is 6.27. The van der Waals surface area contributed by atoms with E-state index in [1.807, 2.05) is 16.7 Å². The van der Waals surface area contributed by atoms with E-state index in [9.17, 15) is 4.79 Å². The predicted octanol–water partition coefficient (Wildman–Crippen LogP) is 3.81. The molecule has 0 unspecified atom stereocenters. The largest absolute Gasteiger partial charge is 0.481 e. The molecule has 0 aliphatic carbocycles. The van der Waals surface area contributed by atoms with E-state index in [1.165, 1.54) is 0 Å². The highest BCUT2D eigenvalue weighted by Crippen LogP contribution is 2.32. The number of hydrogen-bond donors (Lipinski definition) is 1. The van der Waals surface area contributed by atoms with E-state index >= 15 is 0 Å². The molecule has 0 aliphatic rings. The molecule has 0 saturated heterocycles. The number of halogens is 2. The predicted molar refractivity (Wildman–Crippen MR) is 86.4 cm³/mol. The van der Waals surface area contributed by atoms with Gasteiger partial charge in [0.1, 0.15) is 5.82 Å². The number of benzene rings is 1. The fourth-order valence-electron chi connectivity index (χ4n) is 1.81. The molecule has 0 atom stereocenters. The van der Waals surface area contributed by atoms with Crippen molar-refractivity contribution < 1.29 is 9.90 Å². The zero-order valence-electron chi connectivity index (χ0n) is 11.2. The van der Waals surface area contributed by atoms with Crippen molar-refractivity contribution in [3.63, 3.8) is 0 Å². The number of nitrogens with zero attached hydrogens (tertiary/aromatic N) is 3. The molecule has 2 aromatic rings. The molecule has 0 bridgehead atoms. The summed E-state index contributed by atoms with van der Waals surface area (Å²) in [6, 6.07) is 5.51. The number of rotatable bonds is 6. The summed E-state index contributed by atoms with van der Waals surface area (Å²) in [6.45, 7) is 2.05. The second-order valence-electron chi connectivity index (χ2n) is 4.24. The maximum atomic E-state index is 10.8. The molecule has 1 aromatic carbocycles. The second-order valence-corrected chi connectivity index (χ2v) is 6.38. The number of hydrogen-bond acceptors (Lipinski definition) is 4. The second kappa shape index (κ2) is 7.29. The highest BCUT2D eigenvalue weighted by Gasteiger charge is 2.17. The van der Waals surface area contributed by atoms with Gasteiger partial charge in [-0.15, -0.1) is 10.2 Å². The number of aryl methyl sites for hydroxylation is 1. The summed E-state index contributed by atoms with van der Waals surface area (Å²) in [5.41, 5.74) is 0.809. The number of thioether (sulfide) groups is 1. The Morgan fingerprint density at radius 3 is 2.90 bits per heavy atom. The lowest BCUT2D eigenvalue weighted by molar-refractivity contribution is -0.133. The Hall–Kier alpha value is -1.05. The van der Waals surface area contributed by atoms with E-state index in [-0.39, 0.29) is 5.75 Å². The third kappa shape index (κ3) is 3.78. The van der Waals surface area contributed by atoms with Crippen LogP contribution in [0.15, 0.2) is 27.8 Å². The highest BCUT2D eigenvalue weighted by molar-refractivity contribution is 9.10. The van der Waals surface area contributed by atoms with Crippen molar-refractivity contribution in [1.82, 2.24) is 14.8 Å². The minimum absolute atomic E-state index is 0.0670. The Kier molecular flexibility index (Phi) is 5.66. The Labute approximate surface area is 139 Å². The van der Waals surface area contributed by atoms with Gasteiger partial charge in [-0.05, 0) is 34.5 Å². The molecule has 0 spiro atoms. The fraction of sp³-hybridized carbons (Fsp3) is 0.308. The molecule has 0 fully saturated rings. The number of aliphatic carboxylic acids is 1. The van der Waals surface area contributed by atoms with Gasteiger partial charge in [-0.25, -0.2) is 0 Å². The van der Waals surface area contributed by atoms with Gasteiger partial charge < -0.3 is 5.11 Å². The summed E-state index contributed by atoms with van der Waals surface area (Å²) in [6.07, 6.45) is 1.67. The third-order valence-electron chi connectivity index (χ3n) is 2.67. The molecule has 8 heteroatoms. The summed E-state index contributed by atoms with van der Waals surface area (Å²) < 4.78 is 2.59. The molecule has 0 aliphatic heterocycles. The summed E-state index contributed by atoms with van der Waals surface area (Å²) in [5, 5.41) is 18.2. The summed E-state index contributed by atoms with van der Waals surface area (Å²) in [4.78, 5) is 10.8. The SMILES string of the molecule is CCCc1nnc(SCC(=O)O)n1-c1cccc(Cl)c1Br. The van der Waals surface area contributed by atoms with Crippen LogP contribution in [0, 0.1) is 0 Å². The van der Waals surface area contributed by atoms with Crippen molar-refractivity contribution in [2.45, 2.75) is 24.9 Å². The van der Waals surface area contributed by atoms with E-state index in [0.717, 1.165) is 40.6 Å². The maximum Gasteiger partial charge on any atom is 0.313 e. The zero-order chi connectivity index (χ0) is 15.4. The van der Waals surface area contributed by atoms with Crippen molar-refractivity contribution in [2.75, 3.05) is 5.75 Å². The summed E-state index contributed by atoms with van der Waals surface area (Å²) >= 11 is 10.7. The Morgan fingerprint density at radius 2 is 2.24 bits per heavy atom. The normalized spacial score (nSPS) is 10.8. The minimum atomic E-state index is -0.892. The number of aromatic nitrogens is 3. The first kappa shape index (κ1) is 16.3. The van der Waals surface area contributed by atoms with Gasteiger partial charge in [-0.2, -0.15) is 0 Å². The molecule has 112 valence electrons. The topological polar surface area (TPSA) is 68.0 Å². The van der Waals surface area contributed by atoms with E-state index in [2.05, 4.69) is 33.1 Å². The molecule has 0 radical (unpaired) electrons. The van der Waals surface area contributed by atoms with Gasteiger partial charge in [-0.3, -0.25) is 9.36 Å². The number of carbonyl (C=O) groups is 1. The van der Waals surface area contributed by atoms with Crippen LogP contribution in [0.2, 0.25) is 5.02 Å². The van der Waals surface area contributed by atoms with E-state index in [4.69, 9.17) is 16.7 Å². The van der Waals surface area contributed by atoms with E-state index in [0.29, 0.717) is 10.2 Å². The smallest absolute Gasteiger partial charge is 0.313 e. The van der Waals surface area contributed by atoms with Crippen LogP contribution >= 0.6 is 39.3 Å². The maximum absolute atomic E-state index is 10.8. The van der Waals surface area contributed by atoms with Gasteiger partial charge in [0.25, 0.3) is 0 Å². The standard InChI is InChI=1S/C13H13BrClN3O2S/c1-2-4-10-16-17-13(21-7-11(19)20)18(10)9-6-3-5-8(15)12(9)14/h3,5-6H,2,4,7H2,1H3,(H,19,20). The average Bonchev–Trinajstić information content (AvgIpc) is 2.83. The zero-order valence-corrected chi connectivity index (χ0v) is 14.4. The van der Waals surface area contributed by atoms with E-state index < -0.39 is 5.97 Å². The van der Waals surface area contributed by atoms with Crippen LogP contribution in [0.25, 0.3) is 5.69 Å². The molecular formula is C13H13BrClN3O2S. The molecule has 2 rings (SSSR count). The van der Waals surface area contributed by atoms with Crippen LogP contribution < -0.4 is 0 Å². The molecule has 0 saturated carbocycles. The molecule has 1 N–H and O–H groups in total. The van der Waals surface area contributed by atoms with Gasteiger partial charge in [0.2, 0.25) is 0 Å².